The fraction of sp³-hybridized carbons (Fsp3) is 0.200. The second kappa shape index (κ2) is 5.06. The number of hydrogen-bond donors (Lipinski definition) is 0. The van der Waals surface area contributed by atoms with Crippen molar-refractivity contribution in [3.8, 4) is 5.75 Å². The molecule has 0 fully saturated rings. The Morgan fingerprint density at radius 2 is 1.88 bits per heavy atom. The summed E-state index contributed by atoms with van der Waals surface area (Å²) in [6.07, 6.45) is 3.76. The molecular formula is C20H18N2O2. The lowest BCUT2D eigenvalue weighted by molar-refractivity contribution is -0.131. The Kier molecular flexibility index (Phi) is 3.10. The molecule has 0 bridgehead atoms. The maximum Gasteiger partial charge on any atom is 0.308 e. The van der Waals surface area contributed by atoms with Crippen LogP contribution in [0.4, 0.5) is 0 Å². The van der Waals surface area contributed by atoms with Gasteiger partial charge in [-0.1, -0.05) is 0 Å². The molecule has 0 aliphatic heterocycles. The van der Waals surface area contributed by atoms with E-state index in [2.05, 4.69) is 36.5 Å². The molecule has 2 heterocycles. The van der Waals surface area contributed by atoms with E-state index in [1.807, 2.05) is 30.6 Å². The van der Waals surface area contributed by atoms with Gasteiger partial charge in [0.25, 0.3) is 0 Å². The minimum Gasteiger partial charge on any atom is -0.427 e. The third kappa shape index (κ3) is 1.92. The zero-order valence-corrected chi connectivity index (χ0v) is 14.2. The average Bonchev–Trinajstić information content (AvgIpc) is 2.85. The first-order valence-electron chi connectivity index (χ1n) is 7.92. The van der Waals surface area contributed by atoms with Crippen LogP contribution < -0.4 is 4.74 Å². The molecule has 4 heteroatoms. The molecule has 120 valence electrons. The number of carbonyl (C=O) groups excluding carboxylic acids is 1. The maximum atomic E-state index is 11.3. The standard InChI is InChI=1S/C20H18N2O2/c1-11-17-10-21-8-7-15(17)12(2)20-19(11)16-9-14(24-13(3)23)5-6-18(16)22(20)4/h5-10H,1-4H3. The highest BCUT2D eigenvalue weighted by atomic mass is 16.5. The topological polar surface area (TPSA) is 44.1 Å². The van der Waals surface area contributed by atoms with E-state index in [0.717, 1.165) is 16.3 Å². The molecule has 0 atom stereocenters. The highest BCUT2D eigenvalue weighted by Gasteiger charge is 2.17. The molecule has 0 amide bonds. The molecule has 0 saturated carbocycles. The third-order valence-corrected chi connectivity index (χ3v) is 4.79. The van der Waals surface area contributed by atoms with Gasteiger partial charge in [-0.25, -0.2) is 0 Å². The number of fused-ring (bicyclic) bond motifs is 4. The van der Waals surface area contributed by atoms with Crippen LogP contribution in [0.25, 0.3) is 32.6 Å². The molecule has 0 unspecified atom stereocenters. The van der Waals surface area contributed by atoms with Gasteiger partial charge >= 0.3 is 5.97 Å². The van der Waals surface area contributed by atoms with Gasteiger partial charge in [0.15, 0.2) is 0 Å². The van der Waals surface area contributed by atoms with Gasteiger partial charge in [-0.05, 0) is 54.6 Å². The van der Waals surface area contributed by atoms with Crippen LogP contribution in [0.2, 0.25) is 0 Å². The Hall–Kier alpha value is -2.88. The van der Waals surface area contributed by atoms with Gasteiger partial charge in [0, 0.05) is 48.0 Å². The molecule has 4 rings (SSSR count). The predicted octanol–water partition coefficient (Wildman–Crippen LogP) is 4.42. The number of ether oxygens (including phenoxy) is 1. The monoisotopic (exact) mass is 318 g/mol. The lowest BCUT2D eigenvalue weighted by Gasteiger charge is -2.10. The van der Waals surface area contributed by atoms with Crippen molar-refractivity contribution in [2.45, 2.75) is 20.8 Å². The van der Waals surface area contributed by atoms with E-state index in [-0.39, 0.29) is 5.97 Å². The van der Waals surface area contributed by atoms with E-state index in [4.69, 9.17) is 4.74 Å². The zero-order chi connectivity index (χ0) is 17.0. The summed E-state index contributed by atoms with van der Waals surface area (Å²) in [5.41, 5.74) is 4.77. The molecular weight excluding hydrogens is 300 g/mol. The van der Waals surface area contributed by atoms with Crippen LogP contribution in [0, 0.1) is 13.8 Å². The van der Waals surface area contributed by atoms with Crippen molar-refractivity contribution < 1.29 is 9.53 Å². The van der Waals surface area contributed by atoms with Gasteiger partial charge in [-0.3, -0.25) is 9.78 Å². The Bertz CT molecular complexity index is 1140. The van der Waals surface area contributed by atoms with Crippen molar-refractivity contribution in [1.82, 2.24) is 9.55 Å². The third-order valence-electron chi connectivity index (χ3n) is 4.79. The number of rotatable bonds is 1. The van der Waals surface area contributed by atoms with Crippen molar-refractivity contribution in [1.29, 1.82) is 0 Å². The summed E-state index contributed by atoms with van der Waals surface area (Å²) in [6.45, 7) is 5.70. The summed E-state index contributed by atoms with van der Waals surface area (Å²) < 4.78 is 7.49. The van der Waals surface area contributed by atoms with Gasteiger partial charge in [0.05, 0.1) is 5.52 Å². The molecule has 0 spiro atoms. The Balaban J connectivity index is 2.21. The quantitative estimate of drug-likeness (QED) is 0.385. The molecule has 4 nitrogen and oxygen atoms in total. The Labute approximate surface area is 139 Å². The molecule has 2 aromatic carbocycles. The second-order valence-electron chi connectivity index (χ2n) is 6.23. The lowest BCUT2D eigenvalue weighted by Crippen LogP contribution is -2.00. The van der Waals surface area contributed by atoms with E-state index in [0.29, 0.717) is 5.75 Å². The highest BCUT2D eigenvalue weighted by molar-refractivity contribution is 6.17. The van der Waals surface area contributed by atoms with Crippen molar-refractivity contribution in [3.63, 3.8) is 0 Å². The molecule has 2 aromatic heterocycles. The van der Waals surface area contributed by atoms with Crippen LogP contribution in [0.1, 0.15) is 18.1 Å². The summed E-state index contributed by atoms with van der Waals surface area (Å²) in [4.78, 5) is 15.6. The Morgan fingerprint density at radius 1 is 1.08 bits per heavy atom. The van der Waals surface area contributed by atoms with Gasteiger partial charge in [-0.2, -0.15) is 0 Å². The van der Waals surface area contributed by atoms with Crippen molar-refractivity contribution in [2.24, 2.45) is 7.05 Å². The first kappa shape index (κ1) is 14.7. The number of pyridine rings is 1. The SMILES string of the molecule is CC(=O)Oc1ccc2c(c1)c1c(C)c3cnccc3c(C)c1n2C. The van der Waals surface area contributed by atoms with Crippen LogP contribution in [0.15, 0.2) is 36.7 Å². The van der Waals surface area contributed by atoms with Gasteiger partial charge in [0.2, 0.25) is 0 Å². The summed E-state index contributed by atoms with van der Waals surface area (Å²) >= 11 is 0. The highest BCUT2D eigenvalue weighted by Crippen LogP contribution is 2.38. The number of aryl methyl sites for hydroxylation is 3. The van der Waals surface area contributed by atoms with Crippen LogP contribution >= 0.6 is 0 Å². The van der Waals surface area contributed by atoms with Gasteiger partial charge in [0.1, 0.15) is 5.75 Å². The smallest absolute Gasteiger partial charge is 0.308 e. The zero-order valence-electron chi connectivity index (χ0n) is 14.2. The Morgan fingerprint density at radius 3 is 2.62 bits per heavy atom. The lowest BCUT2D eigenvalue weighted by atomic mass is 9.97. The minimum absolute atomic E-state index is 0.308. The summed E-state index contributed by atoms with van der Waals surface area (Å²) in [7, 11) is 2.08. The van der Waals surface area contributed by atoms with Crippen LogP contribution in [-0.2, 0) is 11.8 Å². The van der Waals surface area contributed by atoms with Gasteiger partial charge < -0.3 is 9.30 Å². The second-order valence-corrected chi connectivity index (χ2v) is 6.23. The first-order chi connectivity index (χ1) is 11.5. The normalized spacial score (nSPS) is 11.5. The van der Waals surface area contributed by atoms with E-state index in [9.17, 15) is 4.79 Å². The summed E-state index contributed by atoms with van der Waals surface area (Å²) in [5, 5.41) is 4.67. The maximum absolute atomic E-state index is 11.3. The number of nitrogens with zero attached hydrogens (tertiary/aromatic N) is 2. The predicted molar refractivity (Wildman–Crippen MR) is 96.5 cm³/mol. The van der Waals surface area contributed by atoms with Crippen LogP contribution in [0.5, 0.6) is 5.75 Å². The molecule has 0 radical (unpaired) electrons. The van der Waals surface area contributed by atoms with Crippen molar-refractivity contribution in [2.75, 3.05) is 0 Å². The van der Waals surface area contributed by atoms with E-state index in [1.165, 1.54) is 34.3 Å². The number of aromatic nitrogens is 2. The number of benzene rings is 2. The van der Waals surface area contributed by atoms with E-state index >= 15 is 0 Å². The fourth-order valence-electron chi connectivity index (χ4n) is 3.75. The van der Waals surface area contributed by atoms with Crippen molar-refractivity contribution in [3.05, 3.63) is 47.8 Å². The van der Waals surface area contributed by atoms with Crippen LogP contribution in [-0.4, -0.2) is 15.5 Å². The van der Waals surface area contributed by atoms with Gasteiger partial charge in [-0.15, -0.1) is 0 Å². The molecule has 24 heavy (non-hydrogen) atoms. The minimum atomic E-state index is -0.308. The molecule has 0 N–H and O–H groups in total. The largest absolute Gasteiger partial charge is 0.427 e. The number of hydrogen-bond acceptors (Lipinski definition) is 3. The summed E-state index contributed by atoms with van der Waals surface area (Å²) in [6, 6.07) is 7.87. The van der Waals surface area contributed by atoms with E-state index < -0.39 is 0 Å². The number of carbonyl (C=O) groups is 1. The fourth-order valence-corrected chi connectivity index (χ4v) is 3.75. The van der Waals surface area contributed by atoms with Crippen molar-refractivity contribution >= 4 is 38.5 Å². The average molecular weight is 318 g/mol. The molecule has 0 saturated heterocycles. The number of esters is 1. The summed E-state index contributed by atoms with van der Waals surface area (Å²) in [5.74, 6) is 0.267. The van der Waals surface area contributed by atoms with Crippen LogP contribution in [0.3, 0.4) is 0 Å². The molecule has 0 aliphatic carbocycles. The molecule has 4 aromatic rings. The first-order valence-corrected chi connectivity index (χ1v) is 7.92. The van der Waals surface area contributed by atoms with E-state index in [1.54, 1.807) is 0 Å². The molecule has 0 aliphatic rings.